The molecule has 1 aliphatic heterocycles. The Morgan fingerprint density at radius 3 is 3.07 bits per heavy atom. The smallest absolute Gasteiger partial charge is 0.209 e. The van der Waals surface area contributed by atoms with E-state index in [1.54, 1.807) is 30.2 Å². The summed E-state index contributed by atoms with van der Waals surface area (Å²) in [6.07, 6.45) is 2.37. The van der Waals surface area contributed by atoms with Crippen LogP contribution in [0.2, 0.25) is 0 Å². The highest BCUT2D eigenvalue weighted by Gasteiger charge is 2.19. The van der Waals surface area contributed by atoms with Crippen molar-refractivity contribution in [3.8, 4) is 22.1 Å². The molecule has 0 N–H and O–H groups in total. The second-order valence-electron chi connectivity index (χ2n) is 6.51. The van der Waals surface area contributed by atoms with Gasteiger partial charge in [-0.3, -0.25) is 0 Å². The highest BCUT2D eigenvalue weighted by Crippen LogP contribution is 2.34. The zero-order valence-corrected chi connectivity index (χ0v) is 18.0. The summed E-state index contributed by atoms with van der Waals surface area (Å²) in [5.74, 6) is 2.16. The SMILES string of the molecule is CCOc1ccc(-c2nc(CSc3nnnn3CC3CCCO3)cs2)cc1OC. The number of thioether (sulfide) groups is 1. The molecule has 3 heterocycles. The van der Waals surface area contributed by atoms with Gasteiger partial charge >= 0.3 is 0 Å². The predicted octanol–water partition coefficient (Wildman–Crippen LogP) is 3.68. The van der Waals surface area contributed by atoms with Gasteiger partial charge in [-0.05, 0) is 48.4 Å². The monoisotopic (exact) mass is 433 g/mol. The van der Waals surface area contributed by atoms with Gasteiger partial charge in [0.25, 0.3) is 0 Å². The lowest BCUT2D eigenvalue weighted by molar-refractivity contribution is 0.0912. The summed E-state index contributed by atoms with van der Waals surface area (Å²) in [6, 6.07) is 5.89. The molecular weight excluding hydrogens is 410 g/mol. The Hall–Kier alpha value is -2.17. The second kappa shape index (κ2) is 9.55. The first-order chi connectivity index (χ1) is 14.3. The van der Waals surface area contributed by atoms with E-state index in [0.29, 0.717) is 24.7 Å². The normalized spacial score (nSPS) is 16.3. The minimum Gasteiger partial charge on any atom is -0.493 e. The number of nitrogens with zero attached hydrogens (tertiary/aromatic N) is 5. The molecular formula is C19H23N5O3S2. The molecule has 0 radical (unpaired) electrons. The number of tetrazole rings is 1. The van der Waals surface area contributed by atoms with Gasteiger partial charge in [0.1, 0.15) is 5.01 Å². The molecule has 10 heteroatoms. The van der Waals surface area contributed by atoms with Gasteiger partial charge < -0.3 is 14.2 Å². The lowest BCUT2D eigenvalue weighted by Crippen LogP contribution is -2.16. The number of rotatable bonds is 9. The van der Waals surface area contributed by atoms with Crippen LogP contribution in [0.1, 0.15) is 25.5 Å². The van der Waals surface area contributed by atoms with Crippen molar-refractivity contribution in [3.63, 3.8) is 0 Å². The van der Waals surface area contributed by atoms with E-state index >= 15 is 0 Å². The van der Waals surface area contributed by atoms with Crippen LogP contribution >= 0.6 is 23.1 Å². The van der Waals surface area contributed by atoms with Crippen LogP contribution in [0.5, 0.6) is 11.5 Å². The fourth-order valence-corrected chi connectivity index (χ4v) is 4.82. The predicted molar refractivity (Wildman–Crippen MR) is 112 cm³/mol. The number of aromatic nitrogens is 5. The van der Waals surface area contributed by atoms with Gasteiger partial charge in [-0.25, -0.2) is 9.67 Å². The largest absolute Gasteiger partial charge is 0.493 e. The summed E-state index contributed by atoms with van der Waals surface area (Å²) >= 11 is 3.20. The van der Waals surface area contributed by atoms with E-state index in [-0.39, 0.29) is 6.10 Å². The van der Waals surface area contributed by atoms with Crippen LogP contribution in [-0.4, -0.2) is 51.6 Å². The van der Waals surface area contributed by atoms with E-state index in [0.717, 1.165) is 46.6 Å². The van der Waals surface area contributed by atoms with E-state index in [1.807, 2.05) is 29.8 Å². The molecule has 154 valence electrons. The van der Waals surface area contributed by atoms with Gasteiger partial charge in [0.05, 0.1) is 32.1 Å². The van der Waals surface area contributed by atoms with Gasteiger partial charge in [0.15, 0.2) is 11.5 Å². The van der Waals surface area contributed by atoms with Crippen molar-refractivity contribution in [3.05, 3.63) is 29.3 Å². The lowest BCUT2D eigenvalue weighted by Gasteiger charge is -2.10. The summed E-state index contributed by atoms with van der Waals surface area (Å²) in [5, 5.41) is 15.9. The molecule has 0 bridgehead atoms. The van der Waals surface area contributed by atoms with Crippen LogP contribution in [0.3, 0.4) is 0 Å². The number of thiazole rings is 1. The van der Waals surface area contributed by atoms with Crippen molar-refractivity contribution in [2.75, 3.05) is 20.3 Å². The highest BCUT2D eigenvalue weighted by atomic mass is 32.2. The van der Waals surface area contributed by atoms with E-state index in [9.17, 15) is 0 Å². The molecule has 0 saturated carbocycles. The number of benzene rings is 1. The Morgan fingerprint density at radius 1 is 1.34 bits per heavy atom. The summed E-state index contributed by atoms with van der Waals surface area (Å²) in [4.78, 5) is 4.76. The number of hydrogen-bond donors (Lipinski definition) is 0. The summed E-state index contributed by atoms with van der Waals surface area (Å²) < 4.78 is 18.5. The molecule has 0 aliphatic carbocycles. The molecule has 1 fully saturated rings. The van der Waals surface area contributed by atoms with Crippen molar-refractivity contribution in [2.45, 2.75) is 43.3 Å². The third-order valence-electron chi connectivity index (χ3n) is 4.51. The van der Waals surface area contributed by atoms with Crippen molar-refractivity contribution in [2.24, 2.45) is 0 Å². The van der Waals surface area contributed by atoms with E-state index < -0.39 is 0 Å². The first kappa shape index (κ1) is 20.1. The summed E-state index contributed by atoms with van der Waals surface area (Å²) in [6.45, 7) is 4.08. The maximum Gasteiger partial charge on any atom is 0.209 e. The molecule has 8 nitrogen and oxygen atoms in total. The van der Waals surface area contributed by atoms with Gasteiger partial charge in [0, 0.05) is 23.3 Å². The number of ether oxygens (including phenoxy) is 3. The van der Waals surface area contributed by atoms with Crippen LogP contribution < -0.4 is 9.47 Å². The minimum atomic E-state index is 0.207. The standard InChI is InChI=1S/C19H23N5O3S2/c1-3-26-16-7-6-13(9-17(16)25-2)18-20-14(11-28-18)12-29-19-21-22-23-24(19)10-15-5-4-8-27-15/h6-7,9,11,15H,3-5,8,10,12H2,1-2H3. The topological polar surface area (TPSA) is 84.2 Å². The molecule has 0 spiro atoms. The molecule has 0 amide bonds. The van der Waals surface area contributed by atoms with Crippen LogP contribution in [-0.2, 0) is 17.0 Å². The van der Waals surface area contributed by atoms with Crippen LogP contribution in [0.4, 0.5) is 0 Å². The van der Waals surface area contributed by atoms with E-state index in [2.05, 4.69) is 20.9 Å². The average molecular weight is 434 g/mol. The average Bonchev–Trinajstić information content (AvgIpc) is 3.50. The van der Waals surface area contributed by atoms with Crippen molar-refractivity contribution in [1.29, 1.82) is 0 Å². The molecule has 3 aromatic rings. The van der Waals surface area contributed by atoms with Crippen LogP contribution in [0.25, 0.3) is 10.6 Å². The highest BCUT2D eigenvalue weighted by molar-refractivity contribution is 7.98. The molecule has 1 unspecified atom stereocenters. The maximum absolute atomic E-state index is 5.68. The fraction of sp³-hybridized carbons (Fsp3) is 0.474. The Bertz CT molecular complexity index is 940. The minimum absolute atomic E-state index is 0.207. The van der Waals surface area contributed by atoms with Crippen molar-refractivity contribution < 1.29 is 14.2 Å². The first-order valence-electron chi connectivity index (χ1n) is 9.53. The van der Waals surface area contributed by atoms with Crippen LogP contribution in [0.15, 0.2) is 28.7 Å². The third kappa shape index (κ3) is 4.88. The maximum atomic E-state index is 5.68. The summed E-state index contributed by atoms with van der Waals surface area (Å²) in [5.41, 5.74) is 2.00. The van der Waals surface area contributed by atoms with E-state index in [1.165, 1.54) is 0 Å². The quantitative estimate of drug-likeness (QED) is 0.473. The van der Waals surface area contributed by atoms with Gasteiger partial charge in [0.2, 0.25) is 5.16 Å². The summed E-state index contributed by atoms with van der Waals surface area (Å²) in [7, 11) is 1.65. The first-order valence-corrected chi connectivity index (χ1v) is 11.4. The number of methoxy groups -OCH3 is 1. The molecule has 29 heavy (non-hydrogen) atoms. The fourth-order valence-electron chi connectivity index (χ4n) is 3.12. The Labute approximate surface area is 177 Å². The van der Waals surface area contributed by atoms with Gasteiger partial charge in [-0.2, -0.15) is 0 Å². The molecule has 1 aliphatic rings. The lowest BCUT2D eigenvalue weighted by atomic mass is 10.2. The molecule has 4 rings (SSSR count). The van der Waals surface area contributed by atoms with Crippen LogP contribution in [0, 0.1) is 0 Å². The Kier molecular flexibility index (Phi) is 6.63. The zero-order valence-electron chi connectivity index (χ0n) is 16.4. The zero-order chi connectivity index (χ0) is 20.1. The second-order valence-corrected chi connectivity index (χ2v) is 8.31. The molecule has 1 aromatic carbocycles. The van der Waals surface area contributed by atoms with E-state index in [4.69, 9.17) is 19.2 Å². The Balaban J connectivity index is 1.41. The molecule has 1 atom stereocenters. The number of hydrogen-bond acceptors (Lipinski definition) is 9. The molecule has 2 aromatic heterocycles. The van der Waals surface area contributed by atoms with Crippen molar-refractivity contribution in [1.82, 2.24) is 25.2 Å². The molecule has 1 saturated heterocycles. The van der Waals surface area contributed by atoms with Crippen molar-refractivity contribution >= 4 is 23.1 Å². The third-order valence-corrected chi connectivity index (χ3v) is 6.44. The van der Waals surface area contributed by atoms with Gasteiger partial charge in [-0.15, -0.1) is 16.4 Å². The van der Waals surface area contributed by atoms with Gasteiger partial charge in [-0.1, -0.05) is 11.8 Å². The Morgan fingerprint density at radius 2 is 2.28 bits per heavy atom.